The zero-order chi connectivity index (χ0) is 31.8. The Morgan fingerprint density at radius 1 is 0.930 bits per heavy atom. The summed E-state index contributed by atoms with van der Waals surface area (Å²) in [6.45, 7) is -0.676. The maximum atomic E-state index is 15.3. The van der Waals surface area contributed by atoms with Gasteiger partial charge >= 0.3 is 0 Å². The van der Waals surface area contributed by atoms with Crippen LogP contribution in [0.25, 0.3) is 16.7 Å². The lowest BCUT2D eigenvalue weighted by Crippen LogP contribution is -2.49. The van der Waals surface area contributed by atoms with Gasteiger partial charge in [-0.1, -0.05) is 0 Å². The van der Waals surface area contributed by atoms with Gasteiger partial charge < -0.3 is 20.4 Å². The molecule has 234 valence electrons. The Morgan fingerprint density at radius 2 is 1.51 bits per heavy atom. The lowest BCUT2D eigenvalue weighted by Gasteiger charge is -2.40. The van der Waals surface area contributed by atoms with Gasteiger partial charge in [-0.3, -0.25) is 14.2 Å². The molecule has 3 heterocycles. The second-order valence-corrected chi connectivity index (χ2v) is 10.0. The van der Waals surface area contributed by atoms with Gasteiger partial charge in [0.25, 0.3) is 18.8 Å². The SMILES string of the molecule is O=C(NC(C(F)F)C(F)C(F)F)c1cn(-c2c(F)cc(F)cc2F)c2nc(N3CCC(CO)(CO)CC3)c(F)cc2c1=O. The molecule has 17 heteroatoms. The van der Waals surface area contributed by atoms with Gasteiger partial charge in [-0.05, 0) is 18.9 Å². The Kier molecular flexibility index (Phi) is 9.24. The third-order valence-corrected chi connectivity index (χ3v) is 7.33. The molecule has 0 bridgehead atoms. The van der Waals surface area contributed by atoms with Crippen LogP contribution < -0.4 is 15.6 Å². The van der Waals surface area contributed by atoms with Gasteiger partial charge in [-0.2, -0.15) is 0 Å². The highest BCUT2D eigenvalue weighted by Gasteiger charge is 2.39. The van der Waals surface area contributed by atoms with Crippen molar-refractivity contribution in [2.24, 2.45) is 5.41 Å². The quantitative estimate of drug-likeness (QED) is 0.314. The van der Waals surface area contributed by atoms with Crippen LogP contribution in [0.1, 0.15) is 23.2 Å². The largest absolute Gasteiger partial charge is 0.396 e. The number of hydrogen-bond donors (Lipinski definition) is 3. The molecular formula is C26H23F9N4O4. The Morgan fingerprint density at radius 3 is 2.02 bits per heavy atom. The predicted octanol–water partition coefficient (Wildman–Crippen LogP) is 3.48. The molecule has 1 fully saturated rings. The summed E-state index contributed by atoms with van der Waals surface area (Å²) in [5, 5.41) is 19.7. The zero-order valence-electron chi connectivity index (χ0n) is 21.8. The zero-order valence-corrected chi connectivity index (χ0v) is 21.8. The molecule has 0 aliphatic carbocycles. The molecule has 2 atom stereocenters. The molecule has 0 saturated carbocycles. The Bertz CT molecular complexity index is 1550. The van der Waals surface area contributed by atoms with Gasteiger partial charge in [0, 0.05) is 36.8 Å². The summed E-state index contributed by atoms with van der Waals surface area (Å²) in [5.74, 6) is -8.04. The van der Waals surface area contributed by atoms with Gasteiger partial charge in [0.1, 0.15) is 23.1 Å². The number of benzene rings is 1. The fraction of sp³-hybridized carbons (Fsp3) is 0.423. The number of amides is 1. The topological polar surface area (TPSA) is 108 Å². The van der Waals surface area contributed by atoms with Gasteiger partial charge in [0.05, 0.1) is 18.6 Å². The highest BCUT2D eigenvalue weighted by molar-refractivity contribution is 5.97. The number of nitrogens with zero attached hydrogens (tertiary/aromatic N) is 3. The smallest absolute Gasteiger partial charge is 0.271 e. The normalized spacial score (nSPS) is 16.6. The van der Waals surface area contributed by atoms with E-state index < -0.39 is 93.2 Å². The summed E-state index contributed by atoms with van der Waals surface area (Å²) in [6.07, 6.45) is -10.7. The number of aliphatic hydroxyl groups is 2. The molecule has 2 aromatic heterocycles. The number of carbonyl (C=O) groups excluding carboxylic acids is 1. The van der Waals surface area contributed by atoms with Crippen LogP contribution >= 0.6 is 0 Å². The molecule has 43 heavy (non-hydrogen) atoms. The molecule has 1 aliphatic rings. The third-order valence-electron chi connectivity index (χ3n) is 7.33. The van der Waals surface area contributed by atoms with Crippen molar-refractivity contribution in [2.45, 2.75) is 37.9 Å². The van der Waals surface area contributed by atoms with E-state index in [4.69, 9.17) is 0 Å². The Hall–Kier alpha value is -3.86. The number of alkyl halides is 5. The number of halogens is 9. The number of nitrogens with one attached hydrogen (secondary N) is 1. The molecule has 4 rings (SSSR count). The molecular weight excluding hydrogens is 603 g/mol. The molecule has 0 radical (unpaired) electrons. The standard InChI is InChI=1S/C26H23F9N4O4/c27-11-5-14(28)19(15(29)6-11)39-8-13(25(43)36-18(22(34)35)17(31)21(32)33)20(42)12-7-16(30)24(37-23(12)39)38-3-1-26(9-40,10-41)2-4-38/h5-8,17-18,21-22,40-41H,1-4,9-10H2,(H,36,43). The third kappa shape index (κ3) is 6.13. The Balaban J connectivity index is 1.91. The van der Waals surface area contributed by atoms with Crippen molar-refractivity contribution in [3.05, 3.63) is 63.5 Å². The van der Waals surface area contributed by atoms with Gasteiger partial charge in [-0.15, -0.1) is 0 Å². The molecule has 0 spiro atoms. The first-order valence-electron chi connectivity index (χ1n) is 12.6. The summed E-state index contributed by atoms with van der Waals surface area (Å²) in [7, 11) is 0. The first kappa shape index (κ1) is 32.1. The summed E-state index contributed by atoms with van der Waals surface area (Å²) in [4.78, 5) is 31.4. The van der Waals surface area contributed by atoms with Crippen molar-refractivity contribution in [1.82, 2.24) is 14.9 Å². The lowest BCUT2D eigenvalue weighted by atomic mass is 9.80. The van der Waals surface area contributed by atoms with Crippen molar-refractivity contribution in [3.8, 4) is 5.69 Å². The average Bonchev–Trinajstić information content (AvgIpc) is 2.95. The van der Waals surface area contributed by atoms with E-state index in [0.717, 1.165) is 0 Å². The van der Waals surface area contributed by atoms with E-state index in [1.165, 1.54) is 10.2 Å². The molecule has 1 saturated heterocycles. The molecule has 1 aliphatic heterocycles. The first-order chi connectivity index (χ1) is 20.2. The van der Waals surface area contributed by atoms with Crippen LogP contribution in [0.4, 0.5) is 45.3 Å². The fourth-order valence-electron chi connectivity index (χ4n) is 4.76. The van der Waals surface area contributed by atoms with E-state index in [1.807, 2.05) is 0 Å². The maximum Gasteiger partial charge on any atom is 0.271 e. The predicted molar refractivity (Wildman–Crippen MR) is 133 cm³/mol. The minimum Gasteiger partial charge on any atom is -0.396 e. The van der Waals surface area contributed by atoms with Crippen molar-refractivity contribution >= 4 is 22.8 Å². The van der Waals surface area contributed by atoms with Crippen molar-refractivity contribution in [1.29, 1.82) is 0 Å². The molecule has 3 N–H and O–H groups in total. The number of pyridine rings is 2. The maximum absolute atomic E-state index is 15.3. The van der Waals surface area contributed by atoms with Crippen molar-refractivity contribution in [3.63, 3.8) is 0 Å². The van der Waals surface area contributed by atoms with Crippen LogP contribution in [0.5, 0.6) is 0 Å². The van der Waals surface area contributed by atoms with Crippen LogP contribution in [0, 0.1) is 28.7 Å². The number of anilines is 1. The summed E-state index contributed by atoms with van der Waals surface area (Å²) in [6, 6.07) is -2.11. The van der Waals surface area contributed by atoms with E-state index in [9.17, 15) is 54.9 Å². The minimum atomic E-state index is -3.96. The Labute approximate surface area is 236 Å². The minimum absolute atomic E-state index is 0.0318. The molecule has 1 amide bonds. The van der Waals surface area contributed by atoms with E-state index in [1.54, 1.807) is 0 Å². The van der Waals surface area contributed by atoms with Gasteiger partial charge in [-0.25, -0.2) is 44.5 Å². The number of aromatic nitrogens is 2. The summed E-state index contributed by atoms with van der Waals surface area (Å²) >= 11 is 0. The van der Waals surface area contributed by atoms with Crippen LogP contribution in [-0.2, 0) is 0 Å². The fourth-order valence-corrected chi connectivity index (χ4v) is 4.76. The van der Waals surface area contributed by atoms with E-state index in [2.05, 4.69) is 4.98 Å². The van der Waals surface area contributed by atoms with Crippen LogP contribution in [0.3, 0.4) is 0 Å². The van der Waals surface area contributed by atoms with Crippen LogP contribution in [0.2, 0.25) is 0 Å². The number of aliphatic hydroxyl groups excluding tert-OH is 2. The summed E-state index contributed by atoms with van der Waals surface area (Å²) < 4.78 is 125. The highest BCUT2D eigenvalue weighted by atomic mass is 19.3. The number of rotatable bonds is 9. The lowest BCUT2D eigenvalue weighted by molar-refractivity contribution is -0.0201. The summed E-state index contributed by atoms with van der Waals surface area (Å²) in [5.41, 5.74) is -5.35. The second kappa shape index (κ2) is 12.4. The van der Waals surface area contributed by atoms with Gasteiger partial charge in [0.15, 0.2) is 35.1 Å². The number of carbonyl (C=O) groups is 1. The van der Waals surface area contributed by atoms with E-state index in [-0.39, 0.29) is 51.3 Å². The second-order valence-electron chi connectivity index (χ2n) is 10.0. The van der Waals surface area contributed by atoms with Crippen LogP contribution in [0.15, 0.2) is 29.2 Å². The van der Waals surface area contributed by atoms with Crippen LogP contribution in [-0.4, -0.2) is 77.0 Å². The highest BCUT2D eigenvalue weighted by Crippen LogP contribution is 2.34. The number of fused-ring (bicyclic) bond motifs is 1. The number of piperidine rings is 1. The van der Waals surface area contributed by atoms with E-state index >= 15 is 4.39 Å². The molecule has 1 aromatic carbocycles. The van der Waals surface area contributed by atoms with E-state index in [0.29, 0.717) is 16.8 Å². The average molecular weight is 626 g/mol. The molecule has 8 nitrogen and oxygen atoms in total. The first-order valence-corrected chi connectivity index (χ1v) is 12.6. The van der Waals surface area contributed by atoms with Gasteiger partial charge in [0.2, 0.25) is 5.43 Å². The van der Waals surface area contributed by atoms with Crippen molar-refractivity contribution in [2.75, 3.05) is 31.2 Å². The molecule has 3 aromatic rings. The molecule has 2 unspecified atom stereocenters. The van der Waals surface area contributed by atoms with Crippen molar-refractivity contribution < 1.29 is 54.5 Å². The monoisotopic (exact) mass is 626 g/mol. The number of hydrogen-bond acceptors (Lipinski definition) is 6.